The van der Waals surface area contributed by atoms with Gasteiger partial charge in [-0.3, -0.25) is 19.3 Å². The number of carbonyl (C=O) groups is 4. The van der Waals surface area contributed by atoms with Gasteiger partial charge in [-0.25, -0.2) is 4.79 Å². The molecule has 8 heteroatoms. The third kappa shape index (κ3) is 3.36. The molecule has 4 aliphatic rings. The SMILES string of the molecule is O=C(COC(=O)C12CCC(=O)N1c1ccccc1C(=O)N2C1CC1)N1CCCCCCC1. The fourth-order valence-electron chi connectivity index (χ4n) is 5.34. The number of hydrogen-bond donors (Lipinski definition) is 0. The van der Waals surface area contributed by atoms with E-state index in [1.54, 1.807) is 34.1 Å². The predicted molar refractivity (Wildman–Crippen MR) is 116 cm³/mol. The first-order chi connectivity index (χ1) is 15.5. The van der Waals surface area contributed by atoms with Gasteiger partial charge < -0.3 is 14.5 Å². The van der Waals surface area contributed by atoms with Crippen molar-refractivity contribution in [3.8, 4) is 0 Å². The number of fused-ring (bicyclic) bond motifs is 3. The number of carbonyl (C=O) groups excluding carboxylic acids is 4. The zero-order valence-corrected chi connectivity index (χ0v) is 18.3. The van der Waals surface area contributed by atoms with Crippen molar-refractivity contribution in [1.82, 2.24) is 9.80 Å². The molecule has 8 nitrogen and oxygen atoms in total. The minimum Gasteiger partial charge on any atom is -0.452 e. The molecular weight excluding hydrogens is 410 g/mol. The second-order valence-electron chi connectivity index (χ2n) is 9.19. The molecule has 32 heavy (non-hydrogen) atoms. The van der Waals surface area contributed by atoms with Gasteiger partial charge in [-0.15, -0.1) is 0 Å². The zero-order chi connectivity index (χ0) is 22.3. The molecule has 0 N–H and O–H groups in total. The topological polar surface area (TPSA) is 87.2 Å². The fourth-order valence-corrected chi connectivity index (χ4v) is 5.34. The highest BCUT2D eigenvalue weighted by atomic mass is 16.5. The summed E-state index contributed by atoms with van der Waals surface area (Å²) in [6, 6.07) is 6.82. The van der Waals surface area contributed by atoms with Crippen molar-refractivity contribution in [2.45, 2.75) is 69.5 Å². The van der Waals surface area contributed by atoms with E-state index >= 15 is 0 Å². The number of nitrogens with zero attached hydrogens (tertiary/aromatic N) is 3. The number of likely N-dealkylation sites (tertiary alicyclic amines) is 1. The summed E-state index contributed by atoms with van der Waals surface area (Å²) in [6.45, 7) is 0.982. The molecule has 1 unspecified atom stereocenters. The van der Waals surface area contributed by atoms with E-state index in [0.717, 1.165) is 38.5 Å². The minimum atomic E-state index is -1.50. The number of hydrogen-bond acceptors (Lipinski definition) is 5. The van der Waals surface area contributed by atoms with Crippen LogP contribution in [0.3, 0.4) is 0 Å². The summed E-state index contributed by atoms with van der Waals surface area (Å²) in [5.74, 6) is -1.35. The standard InChI is InChI=1S/C24H29N3O5/c28-20-12-13-24(23(31)32-16-21(29)25-14-6-2-1-3-7-15-25)26(17-10-11-17)22(30)18-8-4-5-9-19(18)27(20)24/h4-5,8-9,17H,1-3,6-7,10-16H2. The minimum absolute atomic E-state index is 0.0955. The van der Waals surface area contributed by atoms with Gasteiger partial charge in [-0.05, 0) is 37.8 Å². The molecule has 3 fully saturated rings. The van der Waals surface area contributed by atoms with Crippen molar-refractivity contribution in [2.75, 3.05) is 24.6 Å². The molecule has 0 aromatic heterocycles. The monoisotopic (exact) mass is 439 g/mol. The van der Waals surface area contributed by atoms with Crippen molar-refractivity contribution in [1.29, 1.82) is 0 Å². The molecule has 0 bridgehead atoms. The first-order valence-electron chi connectivity index (χ1n) is 11.7. The van der Waals surface area contributed by atoms with Gasteiger partial charge in [0.15, 0.2) is 6.61 Å². The van der Waals surface area contributed by atoms with Crippen LogP contribution in [0, 0.1) is 0 Å². The highest BCUT2D eigenvalue weighted by molar-refractivity contribution is 6.15. The normalized spacial score (nSPS) is 25.7. The Morgan fingerprint density at radius 2 is 1.69 bits per heavy atom. The molecule has 1 aromatic carbocycles. The Bertz CT molecular complexity index is 951. The van der Waals surface area contributed by atoms with Gasteiger partial charge in [-0.2, -0.15) is 0 Å². The van der Waals surface area contributed by atoms with Crippen LogP contribution in [0.4, 0.5) is 5.69 Å². The molecule has 5 rings (SSSR count). The van der Waals surface area contributed by atoms with E-state index in [1.165, 1.54) is 11.3 Å². The number of ether oxygens (including phenoxy) is 1. The number of rotatable bonds is 4. The molecule has 1 aromatic rings. The van der Waals surface area contributed by atoms with E-state index in [0.29, 0.717) is 24.3 Å². The molecule has 1 saturated carbocycles. The molecule has 3 heterocycles. The summed E-state index contributed by atoms with van der Waals surface area (Å²) in [7, 11) is 0. The molecule has 0 radical (unpaired) electrons. The summed E-state index contributed by atoms with van der Waals surface area (Å²) >= 11 is 0. The Labute approximate surface area is 187 Å². The highest BCUT2D eigenvalue weighted by Gasteiger charge is 2.64. The second kappa shape index (κ2) is 8.22. The van der Waals surface area contributed by atoms with Crippen LogP contribution in [0.25, 0.3) is 0 Å². The molecule has 170 valence electrons. The summed E-state index contributed by atoms with van der Waals surface area (Å²) in [4.78, 5) is 57.5. The Hall–Kier alpha value is -2.90. The Kier molecular flexibility index (Phi) is 5.39. The summed E-state index contributed by atoms with van der Waals surface area (Å²) in [5, 5.41) is 0. The number of benzene rings is 1. The number of amides is 3. The van der Waals surface area contributed by atoms with E-state index < -0.39 is 11.6 Å². The second-order valence-corrected chi connectivity index (χ2v) is 9.19. The van der Waals surface area contributed by atoms with Crippen LogP contribution in [-0.4, -0.2) is 64.9 Å². The quantitative estimate of drug-likeness (QED) is 0.673. The Morgan fingerprint density at radius 3 is 2.41 bits per heavy atom. The number of anilines is 1. The van der Waals surface area contributed by atoms with Crippen molar-refractivity contribution in [3.05, 3.63) is 29.8 Å². The van der Waals surface area contributed by atoms with Gasteiger partial charge in [0, 0.05) is 32.0 Å². The zero-order valence-electron chi connectivity index (χ0n) is 18.3. The average molecular weight is 440 g/mol. The van der Waals surface area contributed by atoms with Gasteiger partial charge in [0.25, 0.3) is 11.8 Å². The molecule has 3 amide bonds. The fraction of sp³-hybridized carbons (Fsp3) is 0.583. The van der Waals surface area contributed by atoms with Crippen LogP contribution in [0.5, 0.6) is 0 Å². The smallest absolute Gasteiger partial charge is 0.354 e. The van der Waals surface area contributed by atoms with Crippen LogP contribution >= 0.6 is 0 Å². The number of esters is 1. The lowest BCUT2D eigenvalue weighted by atomic mass is 9.96. The van der Waals surface area contributed by atoms with Gasteiger partial charge in [0.1, 0.15) is 0 Å². The van der Waals surface area contributed by atoms with Gasteiger partial charge in [-0.1, -0.05) is 31.4 Å². The average Bonchev–Trinajstić information content (AvgIpc) is 3.54. The Morgan fingerprint density at radius 1 is 1.00 bits per heavy atom. The van der Waals surface area contributed by atoms with Gasteiger partial charge in [0.05, 0.1) is 11.3 Å². The van der Waals surface area contributed by atoms with Crippen LogP contribution in [-0.2, 0) is 19.1 Å². The maximum Gasteiger partial charge on any atom is 0.354 e. The third-order valence-corrected chi connectivity index (χ3v) is 7.07. The van der Waals surface area contributed by atoms with Crippen molar-refractivity contribution < 1.29 is 23.9 Å². The lowest BCUT2D eigenvalue weighted by molar-refractivity contribution is -0.162. The first kappa shape index (κ1) is 21.0. The largest absolute Gasteiger partial charge is 0.452 e. The summed E-state index contributed by atoms with van der Waals surface area (Å²) in [5.41, 5.74) is -0.626. The third-order valence-electron chi connectivity index (χ3n) is 7.07. The van der Waals surface area contributed by atoms with Crippen molar-refractivity contribution in [2.24, 2.45) is 0 Å². The van der Waals surface area contributed by atoms with Gasteiger partial charge >= 0.3 is 5.97 Å². The van der Waals surface area contributed by atoms with E-state index in [-0.39, 0.29) is 43.2 Å². The highest BCUT2D eigenvalue weighted by Crippen LogP contribution is 2.49. The van der Waals surface area contributed by atoms with Crippen LogP contribution in [0.2, 0.25) is 0 Å². The first-order valence-corrected chi connectivity index (χ1v) is 11.7. The van der Waals surface area contributed by atoms with E-state index in [2.05, 4.69) is 0 Å². The van der Waals surface area contributed by atoms with Crippen molar-refractivity contribution >= 4 is 29.4 Å². The molecule has 1 aliphatic carbocycles. The van der Waals surface area contributed by atoms with E-state index in [9.17, 15) is 19.2 Å². The summed E-state index contributed by atoms with van der Waals surface area (Å²) in [6.07, 6.45) is 7.20. The van der Waals surface area contributed by atoms with Crippen molar-refractivity contribution in [3.63, 3.8) is 0 Å². The molecule has 3 aliphatic heterocycles. The molecule has 1 atom stereocenters. The maximum atomic E-state index is 13.6. The van der Waals surface area contributed by atoms with Crippen LogP contribution in [0.1, 0.15) is 68.1 Å². The lowest BCUT2D eigenvalue weighted by Crippen LogP contribution is -2.69. The number of para-hydroxylation sites is 1. The van der Waals surface area contributed by atoms with Crippen LogP contribution < -0.4 is 4.90 Å². The Balaban J connectivity index is 1.41. The maximum absolute atomic E-state index is 13.6. The van der Waals surface area contributed by atoms with Crippen LogP contribution in [0.15, 0.2) is 24.3 Å². The van der Waals surface area contributed by atoms with E-state index in [1.807, 2.05) is 0 Å². The molecule has 0 spiro atoms. The van der Waals surface area contributed by atoms with Gasteiger partial charge in [0.2, 0.25) is 11.6 Å². The summed E-state index contributed by atoms with van der Waals surface area (Å²) < 4.78 is 5.58. The predicted octanol–water partition coefficient (Wildman–Crippen LogP) is 2.46. The molecule has 2 saturated heterocycles. The lowest BCUT2D eigenvalue weighted by Gasteiger charge is -2.48. The van der Waals surface area contributed by atoms with E-state index in [4.69, 9.17) is 4.74 Å². The molecular formula is C24H29N3O5.